The number of nitrogens with one attached hydrogen (secondary N) is 2. The average molecular weight is 432 g/mol. The number of primary amides is 2. The van der Waals surface area contributed by atoms with E-state index in [4.69, 9.17) is 11.5 Å². The maximum atomic E-state index is 11.8. The topological polar surface area (TPSA) is 206 Å². The van der Waals surface area contributed by atoms with Gasteiger partial charge >= 0.3 is 7.12 Å². The second kappa shape index (κ2) is 8.41. The Morgan fingerprint density at radius 1 is 1.03 bits per heavy atom. The third-order valence-electron chi connectivity index (χ3n) is 4.63. The molecule has 0 aliphatic heterocycles. The highest BCUT2D eigenvalue weighted by atomic mass is 16.4. The first-order chi connectivity index (χ1) is 15.3. The fraction of sp³-hybridized carbons (Fsp3) is 0.0526. The SMILES string of the molecule is NC(=O)c1nc(NCc2cccc(B(O)O)c2)nc(-c2[nH]nc3c(C(N)=O)cccc23)n1. The molecule has 8 N–H and O–H groups in total. The van der Waals surface area contributed by atoms with Crippen molar-refractivity contribution in [3.63, 3.8) is 0 Å². The van der Waals surface area contributed by atoms with E-state index in [2.05, 4.69) is 30.5 Å². The van der Waals surface area contributed by atoms with Gasteiger partial charge in [0.05, 0.1) is 5.56 Å². The van der Waals surface area contributed by atoms with Gasteiger partial charge in [0.2, 0.25) is 11.8 Å². The molecule has 0 aliphatic carbocycles. The molecule has 12 nitrogen and oxygen atoms in total. The Morgan fingerprint density at radius 2 is 1.81 bits per heavy atom. The lowest BCUT2D eigenvalue weighted by Gasteiger charge is -2.09. The van der Waals surface area contributed by atoms with Crippen LogP contribution in [0.1, 0.15) is 26.5 Å². The number of anilines is 1. The minimum Gasteiger partial charge on any atom is -0.423 e. The van der Waals surface area contributed by atoms with Crippen molar-refractivity contribution in [2.45, 2.75) is 6.54 Å². The number of para-hydroxylation sites is 1. The summed E-state index contributed by atoms with van der Waals surface area (Å²) in [5.74, 6) is -1.62. The van der Waals surface area contributed by atoms with Crippen LogP contribution in [0.3, 0.4) is 0 Å². The molecule has 13 heteroatoms. The first kappa shape index (κ1) is 20.9. The van der Waals surface area contributed by atoms with Crippen LogP contribution in [0, 0.1) is 0 Å². The molecule has 4 rings (SSSR count). The molecule has 0 aliphatic rings. The Balaban J connectivity index is 1.71. The third kappa shape index (κ3) is 4.10. The first-order valence-corrected chi connectivity index (χ1v) is 9.35. The van der Waals surface area contributed by atoms with Crippen LogP contribution in [0.4, 0.5) is 5.95 Å². The summed E-state index contributed by atoms with van der Waals surface area (Å²) in [6.07, 6.45) is 0. The normalized spacial score (nSPS) is 10.8. The molecule has 32 heavy (non-hydrogen) atoms. The zero-order valence-electron chi connectivity index (χ0n) is 16.5. The van der Waals surface area contributed by atoms with E-state index in [0.717, 1.165) is 5.56 Å². The van der Waals surface area contributed by atoms with Crippen LogP contribution in [-0.2, 0) is 6.54 Å². The first-order valence-electron chi connectivity index (χ1n) is 9.35. The van der Waals surface area contributed by atoms with E-state index in [1.807, 2.05) is 0 Å². The Morgan fingerprint density at radius 3 is 2.53 bits per heavy atom. The van der Waals surface area contributed by atoms with Crippen molar-refractivity contribution in [1.29, 1.82) is 0 Å². The van der Waals surface area contributed by atoms with Crippen molar-refractivity contribution >= 4 is 41.2 Å². The molecular formula is C19H17BN8O4. The van der Waals surface area contributed by atoms with Gasteiger partial charge in [-0.3, -0.25) is 14.7 Å². The van der Waals surface area contributed by atoms with Gasteiger partial charge in [-0.25, -0.2) is 4.98 Å². The molecule has 0 unspecified atom stereocenters. The van der Waals surface area contributed by atoms with Crippen molar-refractivity contribution in [1.82, 2.24) is 25.1 Å². The molecular weight excluding hydrogens is 415 g/mol. The third-order valence-corrected chi connectivity index (χ3v) is 4.63. The van der Waals surface area contributed by atoms with E-state index in [1.54, 1.807) is 42.5 Å². The van der Waals surface area contributed by atoms with Gasteiger partial charge in [0.1, 0.15) is 11.2 Å². The van der Waals surface area contributed by atoms with Crippen LogP contribution in [0.2, 0.25) is 0 Å². The van der Waals surface area contributed by atoms with Gasteiger partial charge in [-0.2, -0.15) is 15.1 Å². The number of hydrogen-bond donors (Lipinski definition) is 6. The molecule has 0 atom stereocenters. The van der Waals surface area contributed by atoms with E-state index < -0.39 is 18.9 Å². The van der Waals surface area contributed by atoms with Crippen LogP contribution in [0.25, 0.3) is 22.4 Å². The Bertz CT molecular complexity index is 1340. The number of aromatic nitrogens is 5. The number of hydrogen-bond acceptors (Lipinski definition) is 9. The number of rotatable bonds is 7. The quantitative estimate of drug-likeness (QED) is 0.196. The molecule has 4 aromatic rings. The van der Waals surface area contributed by atoms with Crippen LogP contribution >= 0.6 is 0 Å². The van der Waals surface area contributed by atoms with Crippen molar-refractivity contribution < 1.29 is 19.6 Å². The highest BCUT2D eigenvalue weighted by Crippen LogP contribution is 2.26. The standard InChI is InChI=1S/C19H17BN8O4/c21-15(29)12-6-2-5-11-13(12)27-28-14(11)17-24-18(16(22)30)26-19(25-17)23-8-9-3-1-4-10(7-9)20(31)32/h1-7,31-32H,8H2,(H2,21,29)(H2,22,30)(H,27,28)(H,23,24,25,26). The summed E-state index contributed by atoms with van der Waals surface area (Å²) in [5.41, 5.74) is 12.7. The lowest BCUT2D eigenvalue weighted by atomic mass is 9.80. The van der Waals surface area contributed by atoms with Crippen molar-refractivity contribution in [2.75, 3.05) is 5.32 Å². The van der Waals surface area contributed by atoms with Crippen LogP contribution in [0.15, 0.2) is 42.5 Å². The fourth-order valence-corrected chi connectivity index (χ4v) is 3.13. The van der Waals surface area contributed by atoms with Gasteiger partial charge < -0.3 is 26.8 Å². The smallest absolute Gasteiger partial charge is 0.423 e. The van der Waals surface area contributed by atoms with E-state index in [9.17, 15) is 19.6 Å². The summed E-state index contributed by atoms with van der Waals surface area (Å²) in [7, 11) is -1.60. The number of nitrogens with two attached hydrogens (primary N) is 2. The second-order valence-corrected chi connectivity index (χ2v) is 6.81. The number of carbonyl (C=O) groups excluding carboxylic acids is 2. The highest BCUT2D eigenvalue weighted by Gasteiger charge is 2.19. The summed E-state index contributed by atoms with van der Waals surface area (Å²) in [6, 6.07) is 11.5. The predicted octanol–water partition coefficient (Wildman–Crippen LogP) is -1.10. The molecule has 160 valence electrons. The molecule has 0 fully saturated rings. The lowest BCUT2D eigenvalue weighted by Crippen LogP contribution is -2.30. The highest BCUT2D eigenvalue weighted by molar-refractivity contribution is 6.58. The number of aromatic amines is 1. The monoisotopic (exact) mass is 432 g/mol. The van der Waals surface area contributed by atoms with Gasteiger partial charge in [-0.05, 0) is 17.1 Å². The molecule has 2 amide bonds. The van der Waals surface area contributed by atoms with Gasteiger partial charge in [-0.15, -0.1) is 0 Å². The molecule has 2 aromatic heterocycles. The molecule has 0 radical (unpaired) electrons. The number of carbonyl (C=O) groups is 2. The van der Waals surface area contributed by atoms with Crippen LogP contribution in [0.5, 0.6) is 0 Å². The van der Waals surface area contributed by atoms with Crippen LogP contribution in [-0.4, -0.2) is 54.1 Å². The van der Waals surface area contributed by atoms with E-state index in [1.165, 1.54) is 0 Å². The van der Waals surface area contributed by atoms with Crippen LogP contribution < -0.4 is 22.2 Å². The number of fused-ring (bicyclic) bond motifs is 1. The Kier molecular flexibility index (Phi) is 5.49. The largest absolute Gasteiger partial charge is 0.488 e. The maximum absolute atomic E-state index is 11.8. The fourth-order valence-electron chi connectivity index (χ4n) is 3.13. The molecule has 0 saturated carbocycles. The summed E-state index contributed by atoms with van der Waals surface area (Å²) in [6.45, 7) is 0.220. The zero-order valence-corrected chi connectivity index (χ0v) is 16.5. The minimum absolute atomic E-state index is 0.0626. The van der Waals surface area contributed by atoms with E-state index >= 15 is 0 Å². The number of amides is 2. The second-order valence-electron chi connectivity index (χ2n) is 6.81. The molecule has 0 bridgehead atoms. The Hall–Kier alpha value is -4.36. The maximum Gasteiger partial charge on any atom is 0.488 e. The molecule has 2 aromatic carbocycles. The lowest BCUT2D eigenvalue weighted by molar-refractivity contribution is 0.0986. The summed E-state index contributed by atoms with van der Waals surface area (Å²) < 4.78 is 0. The van der Waals surface area contributed by atoms with Gasteiger partial charge in [0, 0.05) is 11.9 Å². The summed E-state index contributed by atoms with van der Waals surface area (Å²) in [5, 5.41) is 29.0. The van der Waals surface area contributed by atoms with Gasteiger partial charge in [0.25, 0.3) is 11.8 Å². The minimum atomic E-state index is -1.60. The molecule has 2 heterocycles. The van der Waals surface area contributed by atoms with E-state index in [0.29, 0.717) is 22.1 Å². The zero-order chi connectivity index (χ0) is 22.8. The summed E-state index contributed by atoms with van der Waals surface area (Å²) >= 11 is 0. The van der Waals surface area contributed by atoms with Crippen molar-refractivity contribution in [3.8, 4) is 11.5 Å². The molecule has 0 spiro atoms. The van der Waals surface area contributed by atoms with E-state index in [-0.39, 0.29) is 29.7 Å². The number of nitrogens with zero attached hydrogens (tertiary/aromatic N) is 4. The van der Waals surface area contributed by atoms with Crippen molar-refractivity contribution in [3.05, 3.63) is 59.4 Å². The Labute approximate surface area is 180 Å². The van der Waals surface area contributed by atoms with Crippen molar-refractivity contribution in [2.24, 2.45) is 11.5 Å². The summed E-state index contributed by atoms with van der Waals surface area (Å²) in [4.78, 5) is 35.9. The number of H-pyrrole nitrogens is 1. The average Bonchev–Trinajstić information content (AvgIpc) is 3.21. The predicted molar refractivity (Wildman–Crippen MR) is 116 cm³/mol. The van der Waals surface area contributed by atoms with Gasteiger partial charge in [0.15, 0.2) is 5.82 Å². The van der Waals surface area contributed by atoms with Gasteiger partial charge in [-0.1, -0.05) is 36.4 Å². The molecule has 0 saturated heterocycles. The number of benzene rings is 2.